The smallest absolute Gasteiger partial charge is 0.331 e. The third-order valence-electron chi connectivity index (χ3n) is 5.06. The molecule has 3 aromatic rings. The highest BCUT2D eigenvalue weighted by atomic mass is 32.1. The second-order valence-electron chi connectivity index (χ2n) is 7.16. The fourth-order valence-corrected chi connectivity index (χ4v) is 4.94. The lowest BCUT2D eigenvalue weighted by molar-refractivity contribution is -0.148. The van der Waals surface area contributed by atoms with E-state index in [1.807, 2.05) is 53.9 Å². The molecule has 0 aliphatic carbocycles. The number of amides is 2. The Morgan fingerprint density at radius 2 is 1.66 bits per heavy atom. The number of nitrogens with zero attached hydrogens (tertiary/aromatic N) is 2. The van der Waals surface area contributed by atoms with Crippen LogP contribution in [0, 0.1) is 0 Å². The van der Waals surface area contributed by atoms with E-state index in [4.69, 9.17) is 4.74 Å². The second kappa shape index (κ2) is 10.4. The van der Waals surface area contributed by atoms with Crippen molar-refractivity contribution in [1.29, 1.82) is 0 Å². The van der Waals surface area contributed by atoms with E-state index in [1.165, 1.54) is 17.4 Å². The Balaban J connectivity index is 1.21. The molecule has 8 heteroatoms. The van der Waals surface area contributed by atoms with Crippen molar-refractivity contribution >= 4 is 46.5 Å². The molecule has 164 valence electrons. The molecule has 0 bridgehead atoms. The summed E-state index contributed by atoms with van der Waals surface area (Å²) >= 11 is 2.99. The number of hydrogen-bond donors (Lipinski definition) is 0. The van der Waals surface area contributed by atoms with Crippen LogP contribution in [0.15, 0.2) is 66.1 Å². The quantitative estimate of drug-likeness (QED) is 0.407. The third kappa shape index (κ3) is 5.52. The molecule has 3 heterocycles. The van der Waals surface area contributed by atoms with E-state index in [1.54, 1.807) is 33.3 Å². The van der Waals surface area contributed by atoms with Gasteiger partial charge in [-0.25, -0.2) is 4.79 Å². The van der Waals surface area contributed by atoms with Crippen molar-refractivity contribution in [1.82, 2.24) is 9.80 Å². The fraction of sp³-hybridized carbons (Fsp3) is 0.208. The Morgan fingerprint density at radius 1 is 0.906 bits per heavy atom. The molecule has 1 aliphatic heterocycles. The van der Waals surface area contributed by atoms with Gasteiger partial charge in [0.05, 0.1) is 4.88 Å². The van der Waals surface area contributed by atoms with Gasteiger partial charge in [0.15, 0.2) is 6.61 Å². The number of piperazine rings is 1. The van der Waals surface area contributed by atoms with Crippen molar-refractivity contribution in [2.45, 2.75) is 0 Å². The number of ether oxygens (including phenoxy) is 1. The van der Waals surface area contributed by atoms with Crippen LogP contribution in [0.2, 0.25) is 0 Å². The van der Waals surface area contributed by atoms with Gasteiger partial charge in [-0.05, 0) is 35.2 Å². The van der Waals surface area contributed by atoms with Gasteiger partial charge in [-0.2, -0.15) is 0 Å². The highest BCUT2D eigenvalue weighted by molar-refractivity contribution is 7.16. The molecule has 4 rings (SSSR count). The SMILES string of the molecule is O=C(/C=C/c1ccc(-c2ccccc2)s1)OCC(=O)N1CCN(C(=O)c2cccs2)CC1. The molecule has 0 saturated carbocycles. The summed E-state index contributed by atoms with van der Waals surface area (Å²) < 4.78 is 5.11. The van der Waals surface area contributed by atoms with Crippen molar-refractivity contribution in [3.63, 3.8) is 0 Å². The monoisotopic (exact) mass is 466 g/mol. The number of rotatable bonds is 6. The molecular weight excluding hydrogens is 444 g/mol. The van der Waals surface area contributed by atoms with E-state index < -0.39 is 5.97 Å². The molecule has 32 heavy (non-hydrogen) atoms. The second-order valence-corrected chi connectivity index (χ2v) is 9.22. The lowest BCUT2D eigenvalue weighted by Crippen LogP contribution is -2.51. The van der Waals surface area contributed by atoms with Crippen molar-refractivity contribution in [3.8, 4) is 10.4 Å². The lowest BCUT2D eigenvalue weighted by Gasteiger charge is -2.34. The van der Waals surface area contributed by atoms with Crippen LogP contribution < -0.4 is 0 Å². The Labute approximate surface area is 194 Å². The van der Waals surface area contributed by atoms with Crippen LogP contribution in [-0.4, -0.2) is 60.4 Å². The van der Waals surface area contributed by atoms with Crippen molar-refractivity contribution in [3.05, 3.63) is 75.8 Å². The zero-order chi connectivity index (χ0) is 22.3. The summed E-state index contributed by atoms with van der Waals surface area (Å²) in [5, 5.41) is 1.87. The maximum Gasteiger partial charge on any atom is 0.331 e. The molecule has 0 N–H and O–H groups in total. The predicted octanol–water partition coefficient (Wildman–Crippen LogP) is 4.02. The average molecular weight is 467 g/mol. The Bertz CT molecular complexity index is 1100. The molecular formula is C24H22N2O4S2. The van der Waals surface area contributed by atoms with Crippen LogP contribution in [0.25, 0.3) is 16.5 Å². The standard InChI is InChI=1S/C24H22N2O4S2/c27-22(25-12-14-26(15-13-25)24(29)21-7-4-16-31-21)17-30-23(28)11-9-19-8-10-20(32-19)18-5-2-1-3-6-18/h1-11,16H,12-15,17H2/b11-9+. The highest BCUT2D eigenvalue weighted by Crippen LogP contribution is 2.28. The van der Waals surface area contributed by atoms with E-state index in [2.05, 4.69) is 0 Å². The van der Waals surface area contributed by atoms with Crippen LogP contribution in [-0.2, 0) is 14.3 Å². The Kier molecular flexibility index (Phi) is 7.14. The summed E-state index contributed by atoms with van der Waals surface area (Å²) in [5.74, 6) is -0.815. The maximum atomic E-state index is 12.4. The largest absolute Gasteiger partial charge is 0.452 e. The minimum absolute atomic E-state index is 0.00679. The number of thiophene rings is 2. The van der Waals surface area contributed by atoms with E-state index >= 15 is 0 Å². The van der Waals surface area contributed by atoms with Crippen molar-refractivity contribution < 1.29 is 19.1 Å². The summed E-state index contributed by atoms with van der Waals surface area (Å²) in [6, 6.07) is 17.6. The topological polar surface area (TPSA) is 66.9 Å². The van der Waals surface area contributed by atoms with Gasteiger partial charge < -0.3 is 14.5 Å². The summed E-state index contributed by atoms with van der Waals surface area (Å²) in [6.45, 7) is 1.50. The molecule has 0 atom stereocenters. The molecule has 1 fully saturated rings. The summed E-state index contributed by atoms with van der Waals surface area (Å²) in [7, 11) is 0. The summed E-state index contributed by atoms with van der Waals surface area (Å²) in [6.07, 6.45) is 3.03. The number of carbonyl (C=O) groups excluding carboxylic acids is 3. The number of benzene rings is 1. The first-order valence-electron chi connectivity index (χ1n) is 10.2. The van der Waals surface area contributed by atoms with Crippen LogP contribution in [0.4, 0.5) is 0 Å². The molecule has 0 radical (unpaired) electrons. The zero-order valence-electron chi connectivity index (χ0n) is 17.3. The summed E-state index contributed by atoms with van der Waals surface area (Å²) in [4.78, 5) is 42.9. The molecule has 1 saturated heterocycles. The summed E-state index contributed by atoms with van der Waals surface area (Å²) in [5.41, 5.74) is 1.13. The first-order chi connectivity index (χ1) is 15.6. The van der Waals surface area contributed by atoms with Gasteiger partial charge in [-0.15, -0.1) is 22.7 Å². The molecule has 6 nitrogen and oxygen atoms in total. The minimum Gasteiger partial charge on any atom is -0.452 e. The molecule has 2 amide bonds. The van der Waals surface area contributed by atoms with E-state index in [9.17, 15) is 14.4 Å². The maximum absolute atomic E-state index is 12.4. The van der Waals surface area contributed by atoms with Gasteiger partial charge >= 0.3 is 5.97 Å². The Morgan fingerprint density at radius 3 is 2.38 bits per heavy atom. The van der Waals surface area contributed by atoms with Gasteiger partial charge in [0, 0.05) is 42.0 Å². The van der Waals surface area contributed by atoms with Gasteiger partial charge in [0.25, 0.3) is 11.8 Å². The third-order valence-corrected chi connectivity index (χ3v) is 7.02. The first-order valence-corrected chi connectivity index (χ1v) is 11.9. The molecule has 1 aliphatic rings. The molecule has 1 aromatic carbocycles. The Hall–Kier alpha value is -3.23. The molecule has 2 aromatic heterocycles. The van der Waals surface area contributed by atoms with Crippen LogP contribution in [0.3, 0.4) is 0 Å². The van der Waals surface area contributed by atoms with E-state index in [0.29, 0.717) is 31.1 Å². The minimum atomic E-state index is -0.556. The van der Waals surface area contributed by atoms with Gasteiger partial charge in [-0.1, -0.05) is 36.4 Å². The fourth-order valence-electron chi connectivity index (χ4n) is 3.34. The van der Waals surface area contributed by atoms with E-state index in [0.717, 1.165) is 15.3 Å². The first kappa shape index (κ1) is 22.0. The van der Waals surface area contributed by atoms with E-state index in [-0.39, 0.29) is 18.4 Å². The average Bonchev–Trinajstić information content (AvgIpc) is 3.54. The zero-order valence-corrected chi connectivity index (χ0v) is 18.9. The van der Waals surface area contributed by atoms with Crippen LogP contribution >= 0.6 is 22.7 Å². The van der Waals surface area contributed by atoms with Gasteiger partial charge in [0.2, 0.25) is 0 Å². The predicted molar refractivity (Wildman–Crippen MR) is 127 cm³/mol. The molecule has 0 spiro atoms. The van der Waals surface area contributed by atoms with Crippen LogP contribution in [0.1, 0.15) is 14.5 Å². The van der Waals surface area contributed by atoms with Crippen LogP contribution in [0.5, 0.6) is 0 Å². The normalized spacial score (nSPS) is 14.0. The number of hydrogen-bond acceptors (Lipinski definition) is 6. The lowest BCUT2D eigenvalue weighted by atomic mass is 10.2. The number of esters is 1. The van der Waals surface area contributed by atoms with Gasteiger partial charge in [-0.3, -0.25) is 9.59 Å². The molecule has 0 unspecified atom stereocenters. The highest BCUT2D eigenvalue weighted by Gasteiger charge is 2.25. The number of carbonyl (C=O) groups is 3. The van der Waals surface area contributed by atoms with Gasteiger partial charge in [0.1, 0.15) is 0 Å². The van der Waals surface area contributed by atoms with Crippen molar-refractivity contribution in [2.24, 2.45) is 0 Å². The van der Waals surface area contributed by atoms with Crippen molar-refractivity contribution in [2.75, 3.05) is 32.8 Å².